The molecule has 1 aromatic rings. The highest BCUT2D eigenvalue weighted by Gasteiger charge is 2.31. The Morgan fingerprint density at radius 2 is 1.90 bits per heavy atom. The molecular weight excluding hydrogens is 252 g/mol. The summed E-state index contributed by atoms with van der Waals surface area (Å²) in [6.07, 6.45) is 0. The average Bonchev–Trinajstić information content (AvgIpc) is 2.48. The molecule has 108 valence electrons. The predicted molar refractivity (Wildman–Crippen MR) is 81.3 cm³/mol. The maximum absolute atomic E-state index is 12.7. The summed E-state index contributed by atoms with van der Waals surface area (Å²) in [7, 11) is 2.07. The summed E-state index contributed by atoms with van der Waals surface area (Å²) in [5.74, 6) is 0.171. The number of nitrogens with one attached hydrogen (secondary N) is 2. The van der Waals surface area contributed by atoms with Crippen molar-refractivity contribution in [3.8, 4) is 0 Å². The highest BCUT2D eigenvalue weighted by atomic mass is 16.2. The fourth-order valence-corrected chi connectivity index (χ4v) is 2.88. The van der Waals surface area contributed by atoms with Gasteiger partial charge in [0, 0.05) is 39.3 Å². The largest absolute Gasteiger partial charge is 0.371 e. The van der Waals surface area contributed by atoms with Gasteiger partial charge in [0.15, 0.2) is 0 Å². The van der Waals surface area contributed by atoms with Crippen LogP contribution < -0.4 is 20.4 Å². The normalized spacial score (nSPS) is 26.3. The number of fused-ring (bicyclic) bond motifs is 1. The molecule has 1 amide bonds. The predicted octanol–water partition coefficient (Wildman–Crippen LogP) is 0.419. The Hall–Kier alpha value is -1.59. The molecule has 1 aromatic carbocycles. The second-order valence-corrected chi connectivity index (χ2v) is 5.67. The van der Waals surface area contributed by atoms with Gasteiger partial charge >= 0.3 is 0 Å². The molecule has 5 heteroatoms. The number of carbonyl (C=O) groups is 1. The number of rotatable bonds is 1. The van der Waals surface area contributed by atoms with Crippen molar-refractivity contribution in [1.82, 2.24) is 10.6 Å². The molecule has 2 N–H and O–H groups in total. The third-order valence-electron chi connectivity index (χ3n) is 4.15. The maximum atomic E-state index is 12.7. The van der Waals surface area contributed by atoms with Gasteiger partial charge < -0.3 is 20.4 Å². The van der Waals surface area contributed by atoms with Crippen LogP contribution in [0.1, 0.15) is 6.92 Å². The van der Waals surface area contributed by atoms with Gasteiger partial charge in [-0.25, -0.2) is 0 Å². The summed E-state index contributed by atoms with van der Waals surface area (Å²) < 4.78 is 0. The monoisotopic (exact) mass is 274 g/mol. The minimum Gasteiger partial charge on any atom is -0.371 e. The Labute approximate surface area is 119 Å². The summed E-state index contributed by atoms with van der Waals surface area (Å²) in [6.45, 7) is 5.29. The molecule has 2 unspecified atom stereocenters. The van der Waals surface area contributed by atoms with Gasteiger partial charge in [0.1, 0.15) is 0 Å². The number of hydrogen-bond donors (Lipinski definition) is 2. The van der Waals surface area contributed by atoms with Crippen LogP contribution in [0.15, 0.2) is 24.3 Å². The number of piperazine rings is 1. The van der Waals surface area contributed by atoms with Crippen molar-refractivity contribution in [2.24, 2.45) is 0 Å². The quantitative estimate of drug-likeness (QED) is 0.779. The standard InChI is InChI=1S/C15H22N4O/c1-11-9-17-12(10-16-11)15(20)19-8-7-18(2)13-5-3-4-6-14(13)19/h3-6,11-12,16-17H,7-10H2,1-2H3. The average molecular weight is 274 g/mol. The fraction of sp³-hybridized carbons (Fsp3) is 0.533. The number of anilines is 2. The van der Waals surface area contributed by atoms with Gasteiger partial charge in [-0.05, 0) is 19.1 Å². The Bertz CT molecular complexity index is 496. The van der Waals surface area contributed by atoms with Crippen molar-refractivity contribution in [2.45, 2.75) is 19.0 Å². The lowest BCUT2D eigenvalue weighted by molar-refractivity contribution is -0.120. The summed E-state index contributed by atoms with van der Waals surface area (Å²) in [4.78, 5) is 16.9. The maximum Gasteiger partial charge on any atom is 0.245 e. The van der Waals surface area contributed by atoms with Crippen molar-refractivity contribution in [3.63, 3.8) is 0 Å². The smallest absolute Gasteiger partial charge is 0.245 e. The van der Waals surface area contributed by atoms with Crippen molar-refractivity contribution in [1.29, 1.82) is 0 Å². The molecule has 1 fully saturated rings. The second-order valence-electron chi connectivity index (χ2n) is 5.67. The molecule has 20 heavy (non-hydrogen) atoms. The Morgan fingerprint density at radius 1 is 1.15 bits per heavy atom. The molecule has 0 aliphatic carbocycles. The van der Waals surface area contributed by atoms with E-state index < -0.39 is 0 Å². The van der Waals surface area contributed by atoms with E-state index in [1.807, 2.05) is 23.1 Å². The van der Waals surface area contributed by atoms with Crippen LogP contribution >= 0.6 is 0 Å². The third kappa shape index (κ3) is 2.39. The van der Waals surface area contributed by atoms with E-state index in [-0.39, 0.29) is 11.9 Å². The number of nitrogens with zero attached hydrogens (tertiary/aromatic N) is 2. The van der Waals surface area contributed by atoms with Gasteiger partial charge in [0.2, 0.25) is 5.91 Å². The van der Waals surface area contributed by atoms with Crippen LogP contribution in [-0.4, -0.2) is 51.2 Å². The van der Waals surface area contributed by atoms with Gasteiger partial charge in [-0.15, -0.1) is 0 Å². The SMILES string of the molecule is CC1CNC(C(=O)N2CCN(C)c3ccccc32)CN1. The number of carbonyl (C=O) groups excluding carboxylic acids is 1. The summed E-state index contributed by atoms with van der Waals surface area (Å²) in [5.41, 5.74) is 2.15. The topological polar surface area (TPSA) is 47.6 Å². The first kappa shape index (κ1) is 13.4. The first-order chi connectivity index (χ1) is 9.66. The fourth-order valence-electron chi connectivity index (χ4n) is 2.88. The Kier molecular flexibility index (Phi) is 3.63. The molecule has 0 radical (unpaired) electrons. The van der Waals surface area contributed by atoms with Crippen LogP contribution in [0.2, 0.25) is 0 Å². The number of benzene rings is 1. The third-order valence-corrected chi connectivity index (χ3v) is 4.15. The van der Waals surface area contributed by atoms with E-state index in [9.17, 15) is 4.79 Å². The number of para-hydroxylation sites is 2. The molecule has 0 spiro atoms. The zero-order chi connectivity index (χ0) is 14.1. The van der Waals surface area contributed by atoms with Gasteiger partial charge in [-0.3, -0.25) is 4.79 Å². The van der Waals surface area contributed by atoms with Crippen molar-refractivity contribution < 1.29 is 4.79 Å². The molecule has 5 nitrogen and oxygen atoms in total. The number of hydrogen-bond acceptors (Lipinski definition) is 4. The van der Waals surface area contributed by atoms with E-state index in [4.69, 9.17) is 0 Å². The van der Waals surface area contributed by atoms with E-state index in [2.05, 4.69) is 35.6 Å². The van der Waals surface area contributed by atoms with Gasteiger partial charge in [0.05, 0.1) is 17.4 Å². The molecule has 2 atom stereocenters. The van der Waals surface area contributed by atoms with Crippen LogP contribution in [-0.2, 0) is 4.79 Å². The highest BCUT2D eigenvalue weighted by Crippen LogP contribution is 2.32. The van der Waals surface area contributed by atoms with Gasteiger partial charge in [-0.1, -0.05) is 12.1 Å². The minimum absolute atomic E-state index is 0.123. The lowest BCUT2D eigenvalue weighted by atomic mass is 10.1. The number of amides is 1. The molecule has 0 saturated carbocycles. The van der Waals surface area contributed by atoms with Crippen molar-refractivity contribution in [2.75, 3.05) is 43.0 Å². The molecular formula is C15H22N4O. The van der Waals surface area contributed by atoms with Crippen molar-refractivity contribution >= 4 is 17.3 Å². The van der Waals surface area contributed by atoms with Crippen LogP contribution in [0, 0.1) is 0 Å². The summed E-state index contributed by atoms with van der Waals surface area (Å²) in [6, 6.07) is 8.42. The second kappa shape index (κ2) is 5.42. The van der Waals surface area contributed by atoms with E-state index >= 15 is 0 Å². The summed E-state index contributed by atoms with van der Waals surface area (Å²) >= 11 is 0. The molecule has 2 heterocycles. The Balaban J connectivity index is 1.81. The molecule has 0 bridgehead atoms. The van der Waals surface area contributed by atoms with E-state index in [0.29, 0.717) is 12.6 Å². The molecule has 0 aromatic heterocycles. The molecule has 2 aliphatic heterocycles. The highest BCUT2D eigenvalue weighted by molar-refractivity contribution is 6.01. The first-order valence-electron chi connectivity index (χ1n) is 7.25. The van der Waals surface area contributed by atoms with Crippen molar-refractivity contribution in [3.05, 3.63) is 24.3 Å². The van der Waals surface area contributed by atoms with Gasteiger partial charge in [-0.2, -0.15) is 0 Å². The lowest BCUT2D eigenvalue weighted by Gasteiger charge is -2.38. The lowest BCUT2D eigenvalue weighted by Crippen LogP contribution is -2.60. The van der Waals surface area contributed by atoms with E-state index in [1.165, 1.54) is 0 Å². The Morgan fingerprint density at radius 3 is 2.60 bits per heavy atom. The van der Waals surface area contributed by atoms with Gasteiger partial charge in [0.25, 0.3) is 0 Å². The molecule has 2 aliphatic rings. The zero-order valence-electron chi connectivity index (χ0n) is 12.1. The van der Waals surface area contributed by atoms with E-state index in [0.717, 1.165) is 31.0 Å². The molecule has 3 rings (SSSR count). The first-order valence-corrected chi connectivity index (χ1v) is 7.25. The van der Waals surface area contributed by atoms with E-state index in [1.54, 1.807) is 0 Å². The van der Waals surface area contributed by atoms with Crippen LogP contribution in [0.4, 0.5) is 11.4 Å². The van der Waals surface area contributed by atoms with Crippen LogP contribution in [0.5, 0.6) is 0 Å². The van der Waals surface area contributed by atoms with Crippen LogP contribution in [0.25, 0.3) is 0 Å². The number of likely N-dealkylation sites (N-methyl/N-ethyl adjacent to an activating group) is 1. The molecule has 1 saturated heterocycles. The minimum atomic E-state index is -0.123. The zero-order valence-corrected chi connectivity index (χ0v) is 12.1. The summed E-state index contributed by atoms with van der Waals surface area (Å²) in [5, 5.41) is 6.71. The van der Waals surface area contributed by atoms with Crippen LogP contribution in [0.3, 0.4) is 0 Å².